The Bertz CT molecular complexity index is 645. The lowest BCUT2D eigenvalue weighted by Gasteiger charge is -2.54. The van der Waals surface area contributed by atoms with Crippen LogP contribution in [0.5, 0.6) is 0 Å². The minimum absolute atomic E-state index is 0.00545. The van der Waals surface area contributed by atoms with Crippen LogP contribution < -0.4 is 0 Å². The number of piperidine rings is 1. The molecule has 12 unspecified atom stereocenters. The lowest BCUT2D eigenvalue weighted by Crippen LogP contribution is -2.54. The van der Waals surface area contributed by atoms with Crippen LogP contribution in [0.3, 0.4) is 0 Å². The highest BCUT2D eigenvalue weighted by Gasteiger charge is 2.64. The number of aliphatic hydroxyl groups is 1. The van der Waals surface area contributed by atoms with Crippen LogP contribution in [-0.2, 0) is 4.74 Å². The van der Waals surface area contributed by atoms with Gasteiger partial charge in [0.25, 0.3) is 0 Å². The minimum atomic E-state index is -0.00603. The van der Waals surface area contributed by atoms with Gasteiger partial charge < -0.3 is 9.84 Å². The van der Waals surface area contributed by atoms with Gasteiger partial charge >= 0.3 is 0 Å². The molecule has 3 nitrogen and oxygen atoms in total. The van der Waals surface area contributed by atoms with E-state index in [-0.39, 0.29) is 11.8 Å². The second-order valence-corrected chi connectivity index (χ2v) is 12.7. The van der Waals surface area contributed by atoms with Crippen molar-refractivity contribution < 1.29 is 9.84 Å². The lowest BCUT2D eigenvalue weighted by molar-refractivity contribution is -0.156. The summed E-state index contributed by atoms with van der Waals surface area (Å²) in [5.41, 5.74) is 0.00545. The molecular formula is C27H48NO2P. The van der Waals surface area contributed by atoms with Gasteiger partial charge in [-0.1, -0.05) is 37.1 Å². The Balaban J connectivity index is 0.000000994. The third kappa shape index (κ3) is 3.59. The van der Waals surface area contributed by atoms with Crippen LogP contribution in [0.1, 0.15) is 91.9 Å². The van der Waals surface area contributed by atoms with Crippen molar-refractivity contribution in [3.8, 4) is 0 Å². The number of fused-ring (bicyclic) bond motifs is 7. The topological polar surface area (TPSA) is 32.7 Å². The van der Waals surface area contributed by atoms with Crippen molar-refractivity contribution in [2.75, 3.05) is 6.54 Å². The zero-order valence-electron chi connectivity index (χ0n) is 20.5. The Morgan fingerprint density at radius 1 is 0.839 bits per heavy atom. The van der Waals surface area contributed by atoms with E-state index < -0.39 is 0 Å². The zero-order chi connectivity index (χ0) is 21.9. The summed E-state index contributed by atoms with van der Waals surface area (Å²) in [5.74, 6) is 7.77. The Kier molecular flexibility index (Phi) is 6.57. The Labute approximate surface area is 193 Å². The first kappa shape index (κ1) is 23.1. The van der Waals surface area contributed by atoms with Gasteiger partial charge in [0.1, 0.15) is 5.72 Å². The lowest BCUT2D eigenvalue weighted by atomic mass is 9.53. The Morgan fingerprint density at radius 2 is 1.52 bits per heavy atom. The molecule has 4 aliphatic carbocycles. The molecule has 6 rings (SSSR count). The van der Waals surface area contributed by atoms with E-state index in [0.29, 0.717) is 12.0 Å². The molecule has 6 fully saturated rings. The fraction of sp³-hybridized carbons (Fsp3) is 1.00. The summed E-state index contributed by atoms with van der Waals surface area (Å²) in [4.78, 5) is 0. The SMILES string of the molecule is CC.CC1CCC2(OC3CC4C5CCC6C[C@@H](O)CCC6C5CCC4C3C2C)N(P)C1. The summed E-state index contributed by atoms with van der Waals surface area (Å²) < 4.78 is 9.57. The molecule has 4 saturated carbocycles. The van der Waals surface area contributed by atoms with Gasteiger partial charge in [-0.3, -0.25) is 4.67 Å². The van der Waals surface area contributed by atoms with Crippen LogP contribution >= 0.6 is 9.39 Å². The largest absolute Gasteiger partial charge is 0.393 e. The van der Waals surface area contributed by atoms with Gasteiger partial charge in [0, 0.05) is 12.5 Å². The summed E-state index contributed by atoms with van der Waals surface area (Å²) in [6, 6.07) is 0. The van der Waals surface area contributed by atoms with E-state index in [9.17, 15) is 5.11 Å². The van der Waals surface area contributed by atoms with Crippen molar-refractivity contribution in [3.05, 3.63) is 0 Å². The summed E-state index contributed by atoms with van der Waals surface area (Å²) in [6.07, 6.45) is 13.6. The fourth-order valence-corrected chi connectivity index (χ4v) is 10.6. The molecule has 2 aliphatic heterocycles. The number of rotatable bonds is 0. The molecule has 31 heavy (non-hydrogen) atoms. The van der Waals surface area contributed by atoms with Crippen LogP contribution in [0.2, 0.25) is 0 Å². The van der Waals surface area contributed by atoms with Crippen LogP contribution in [0.15, 0.2) is 0 Å². The number of hydrogen-bond acceptors (Lipinski definition) is 3. The van der Waals surface area contributed by atoms with Gasteiger partial charge in [0.2, 0.25) is 0 Å². The number of nitrogens with zero attached hydrogens (tertiary/aromatic N) is 1. The third-order valence-electron chi connectivity index (χ3n) is 11.0. The van der Waals surface area contributed by atoms with Crippen molar-refractivity contribution in [2.24, 2.45) is 53.3 Å². The second kappa shape index (κ2) is 8.83. The van der Waals surface area contributed by atoms with E-state index in [4.69, 9.17) is 4.74 Å². The van der Waals surface area contributed by atoms with Crippen molar-refractivity contribution in [1.29, 1.82) is 0 Å². The van der Waals surface area contributed by atoms with E-state index >= 15 is 0 Å². The molecule has 2 saturated heterocycles. The normalized spacial score (nSPS) is 56.1. The molecule has 13 atom stereocenters. The van der Waals surface area contributed by atoms with E-state index in [1.165, 1.54) is 57.9 Å². The molecular weight excluding hydrogens is 401 g/mol. The van der Waals surface area contributed by atoms with E-state index in [2.05, 4.69) is 27.9 Å². The molecule has 0 bridgehead atoms. The highest BCUT2D eigenvalue weighted by atomic mass is 31.0. The van der Waals surface area contributed by atoms with Gasteiger partial charge in [-0.2, -0.15) is 0 Å². The number of ether oxygens (including phenoxy) is 1. The molecule has 0 radical (unpaired) electrons. The van der Waals surface area contributed by atoms with Gasteiger partial charge in [-0.05, 0) is 112 Å². The van der Waals surface area contributed by atoms with Crippen LogP contribution in [0.25, 0.3) is 0 Å². The van der Waals surface area contributed by atoms with Gasteiger partial charge in [0.05, 0.1) is 12.2 Å². The molecule has 6 aliphatic rings. The summed E-state index contributed by atoms with van der Waals surface area (Å²) in [5, 5.41) is 10.2. The van der Waals surface area contributed by atoms with Gasteiger partial charge in [0.15, 0.2) is 0 Å². The maximum Gasteiger partial charge on any atom is 0.127 e. The molecule has 2 heterocycles. The molecule has 0 aromatic heterocycles. The predicted molar refractivity (Wildman–Crippen MR) is 130 cm³/mol. The first-order valence-electron chi connectivity index (χ1n) is 13.9. The van der Waals surface area contributed by atoms with Gasteiger partial charge in [-0.25, -0.2) is 0 Å². The van der Waals surface area contributed by atoms with Crippen molar-refractivity contribution in [3.63, 3.8) is 0 Å². The average Bonchev–Trinajstić information content (AvgIpc) is 3.26. The summed E-state index contributed by atoms with van der Waals surface area (Å²) in [6.45, 7) is 10.1. The fourth-order valence-electron chi connectivity index (χ4n) is 9.79. The highest BCUT2D eigenvalue weighted by molar-refractivity contribution is 7.13. The van der Waals surface area contributed by atoms with E-state index in [0.717, 1.165) is 60.2 Å². The minimum Gasteiger partial charge on any atom is -0.393 e. The molecule has 0 amide bonds. The molecule has 0 aromatic carbocycles. The predicted octanol–water partition coefficient (Wildman–Crippen LogP) is 6.12. The molecule has 4 heteroatoms. The van der Waals surface area contributed by atoms with Crippen molar-refractivity contribution >= 4 is 9.39 Å². The van der Waals surface area contributed by atoms with E-state index in [1.807, 2.05) is 13.8 Å². The monoisotopic (exact) mass is 449 g/mol. The van der Waals surface area contributed by atoms with Crippen molar-refractivity contribution in [1.82, 2.24) is 4.67 Å². The maximum atomic E-state index is 10.2. The smallest absolute Gasteiger partial charge is 0.127 e. The first-order chi connectivity index (χ1) is 15.0. The first-order valence-corrected chi connectivity index (χ1v) is 14.4. The number of aliphatic hydroxyl groups excluding tert-OH is 1. The van der Waals surface area contributed by atoms with Crippen LogP contribution in [0.4, 0.5) is 0 Å². The molecule has 0 aromatic rings. The Hall–Kier alpha value is 0.310. The molecule has 1 N–H and O–H groups in total. The molecule has 178 valence electrons. The maximum absolute atomic E-state index is 10.2. The standard InChI is InChI=1S/C25H42NO2P.C2H6/c1-14-9-10-25(26(29)13-14)15(2)24-21-8-7-19-18-6-4-17(27)11-16(18)3-5-20(19)22(21)12-23(24)28-25;1-2/h14-24,27H,3-13,29H2,1-2H3;1-2H3/t14?,15?,16?,17-,18?,19?,20?,21?,22?,23?,24?,25?;/m0./s1. The number of hydrogen-bond donors (Lipinski definition) is 1. The van der Waals surface area contributed by atoms with Crippen LogP contribution in [-0.4, -0.2) is 34.3 Å². The zero-order valence-corrected chi connectivity index (χ0v) is 21.7. The van der Waals surface area contributed by atoms with Crippen LogP contribution in [0, 0.1) is 53.3 Å². The van der Waals surface area contributed by atoms with Crippen molar-refractivity contribution in [2.45, 2.75) is 110 Å². The second-order valence-electron chi connectivity index (χ2n) is 12.1. The summed E-state index contributed by atoms with van der Waals surface area (Å²) in [7, 11) is 3.05. The van der Waals surface area contributed by atoms with E-state index in [1.54, 1.807) is 0 Å². The third-order valence-corrected chi connectivity index (χ3v) is 11.6. The summed E-state index contributed by atoms with van der Waals surface area (Å²) >= 11 is 0. The highest BCUT2D eigenvalue weighted by Crippen LogP contribution is 2.65. The molecule has 1 spiro atoms. The quantitative estimate of drug-likeness (QED) is 0.453. The Morgan fingerprint density at radius 3 is 2.29 bits per heavy atom. The average molecular weight is 450 g/mol. The van der Waals surface area contributed by atoms with Gasteiger partial charge in [-0.15, -0.1) is 0 Å².